The zero-order valence-electron chi connectivity index (χ0n) is 15.8. The number of nitrogens with zero attached hydrogens (tertiary/aromatic N) is 1. The summed E-state index contributed by atoms with van der Waals surface area (Å²) < 4.78 is 25.5. The Balaban J connectivity index is 1.93. The molecule has 0 saturated heterocycles. The van der Waals surface area contributed by atoms with Gasteiger partial charge in [-0.2, -0.15) is 0 Å². The van der Waals surface area contributed by atoms with Gasteiger partial charge in [0, 0.05) is 11.6 Å². The van der Waals surface area contributed by atoms with Crippen LogP contribution in [0.15, 0.2) is 42.5 Å². The summed E-state index contributed by atoms with van der Waals surface area (Å²) in [4.78, 5) is 12.3. The number of halogens is 1. The maximum Gasteiger partial charge on any atom is 0.240 e. The number of sulfonamides is 1. The molecule has 1 amide bonds. The zero-order chi connectivity index (χ0) is 20.0. The van der Waals surface area contributed by atoms with Crippen LogP contribution in [0.5, 0.6) is 0 Å². The van der Waals surface area contributed by atoms with E-state index in [0.29, 0.717) is 17.3 Å². The molecular formula is C20H25ClN2O3S. The van der Waals surface area contributed by atoms with Crippen LogP contribution >= 0.6 is 11.6 Å². The van der Waals surface area contributed by atoms with Crippen molar-refractivity contribution >= 4 is 33.2 Å². The first kappa shape index (κ1) is 21.3. The lowest BCUT2D eigenvalue weighted by atomic mass is 10.1. The number of carbonyl (C=O) groups is 1. The van der Waals surface area contributed by atoms with Crippen LogP contribution in [0.1, 0.15) is 23.1 Å². The molecule has 0 saturated carbocycles. The van der Waals surface area contributed by atoms with Gasteiger partial charge in [0.25, 0.3) is 0 Å². The minimum Gasteiger partial charge on any atom is -0.355 e. The number of anilines is 1. The van der Waals surface area contributed by atoms with Gasteiger partial charge >= 0.3 is 0 Å². The second-order valence-corrected chi connectivity index (χ2v) is 9.04. The van der Waals surface area contributed by atoms with Gasteiger partial charge in [-0.1, -0.05) is 29.8 Å². The van der Waals surface area contributed by atoms with E-state index in [1.807, 2.05) is 44.2 Å². The minimum atomic E-state index is -3.56. The first-order chi connectivity index (χ1) is 12.6. The molecule has 0 radical (unpaired) electrons. The van der Waals surface area contributed by atoms with Gasteiger partial charge in [-0.05, 0) is 67.6 Å². The van der Waals surface area contributed by atoms with Crippen molar-refractivity contribution in [2.75, 3.05) is 23.7 Å². The topological polar surface area (TPSA) is 66.5 Å². The molecule has 0 aliphatic heterocycles. The third kappa shape index (κ3) is 6.88. The SMILES string of the molecule is Cc1cc(C)cc(N(CC(=O)NCCCc2ccc(Cl)cc2)S(C)(=O)=O)c1. The molecule has 2 aromatic rings. The van der Waals surface area contributed by atoms with Crippen LogP contribution < -0.4 is 9.62 Å². The van der Waals surface area contributed by atoms with E-state index >= 15 is 0 Å². The van der Waals surface area contributed by atoms with Gasteiger partial charge in [0.05, 0.1) is 11.9 Å². The summed E-state index contributed by atoms with van der Waals surface area (Å²) in [5.74, 6) is -0.323. The van der Waals surface area contributed by atoms with Crippen LogP contribution in [-0.4, -0.2) is 33.7 Å². The number of rotatable bonds is 8. The Kier molecular flexibility index (Phi) is 7.27. The molecule has 0 bridgehead atoms. The van der Waals surface area contributed by atoms with Crippen molar-refractivity contribution < 1.29 is 13.2 Å². The van der Waals surface area contributed by atoms with Gasteiger partial charge in [0.2, 0.25) is 15.9 Å². The monoisotopic (exact) mass is 408 g/mol. The van der Waals surface area contributed by atoms with E-state index < -0.39 is 10.0 Å². The van der Waals surface area contributed by atoms with Crippen LogP contribution in [0.25, 0.3) is 0 Å². The number of amides is 1. The maximum atomic E-state index is 12.3. The van der Waals surface area contributed by atoms with Crippen LogP contribution in [0.2, 0.25) is 5.02 Å². The molecule has 0 heterocycles. The number of aryl methyl sites for hydroxylation is 3. The Morgan fingerprint density at radius 2 is 1.67 bits per heavy atom. The standard InChI is InChI=1S/C20H25ClN2O3S/c1-15-11-16(2)13-19(12-15)23(27(3,25)26)14-20(24)22-10-4-5-17-6-8-18(21)9-7-17/h6-9,11-13H,4-5,10,14H2,1-3H3,(H,22,24). The van der Waals surface area contributed by atoms with Crippen molar-refractivity contribution in [2.45, 2.75) is 26.7 Å². The quantitative estimate of drug-likeness (QED) is 0.680. The first-order valence-electron chi connectivity index (χ1n) is 8.72. The summed E-state index contributed by atoms with van der Waals surface area (Å²) in [5.41, 5.74) is 3.54. The third-order valence-corrected chi connectivity index (χ3v) is 5.45. The highest BCUT2D eigenvalue weighted by Gasteiger charge is 2.21. The second kappa shape index (κ2) is 9.24. The Bertz CT molecular complexity index is 876. The number of hydrogen-bond donors (Lipinski definition) is 1. The molecule has 2 aromatic carbocycles. The highest BCUT2D eigenvalue weighted by molar-refractivity contribution is 7.92. The molecule has 0 aliphatic carbocycles. The summed E-state index contributed by atoms with van der Waals surface area (Å²) in [6.07, 6.45) is 2.68. The Morgan fingerprint density at radius 1 is 1.07 bits per heavy atom. The summed E-state index contributed by atoms with van der Waals surface area (Å²) >= 11 is 5.86. The van der Waals surface area contributed by atoms with E-state index in [2.05, 4.69) is 5.32 Å². The number of hydrogen-bond acceptors (Lipinski definition) is 3. The molecule has 0 atom stereocenters. The van der Waals surface area contributed by atoms with Gasteiger partial charge in [0.1, 0.15) is 6.54 Å². The van der Waals surface area contributed by atoms with Crippen LogP contribution in [0.3, 0.4) is 0 Å². The summed E-state index contributed by atoms with van der Waals surface area (Å²) in [5, 5.41) is 3.49. The largest absolute Gasteiger partial charge is 0.355 e. The smallest absolute Gasteiger partial charge is 0.240 e. The van der Waals surface area contributed by atoms with Crippen LogP contribution in [0.4, 0.5) is 5.69 Å². The molecular weight excluding hydrogens is 384 g/mol. The highest BCUT2D eigenvalue weighted by Crippen LogP contribution is 2.21. The van der Waals surface area contributed by atoms with E-state index in [0.717, 1.165) is 40.1 Å². The molecule has 7 heteroatoms. The average molecular weight is 409 g/mol. The molecule has 0 spiro atoms. The molecule has 0 unspecified atom stereocenters. The van der Waals surface area contributed by atoms with Gasteiger partial charge < -0.3 is 5.32 Å². The van der Waals surface area contributed by atoms with Crippen molar-refractivity contribution in [3.8, 4) is 0 Å². The van der Waals surface area contributed by atoms with E-state index in [1.165, 1.54) is 0 Å². The molecule has 0 aromatic heterocycles. The van der Waals surface area contributed by atoms with E-state index in [9.17, 15) is 13.2 Å². The minimum absolute atomic E-state index is 0.233. The highest BCUT2D eigenvalue weighted by atomic mass is 35.5. The number of carbonyl (C=O) groups excluding carboxylic acids is 1. The molecule has 1 N–H and O–H groups in total. The van der Waals surface area contributed by atoms with E-state index in [1.54, 1.807) is 12.1 Å². The summed E-state index contributed by atoms with van der Waals surface area (Å²) in [6, 6.07) is 13.1. The maximum absolute atomic E-state index is 12.3. The normalized spacial score (nSPS) is 11.3. The number of benzene rings is 2. The van der Waals surface area contributed by atoms with Gasteiger partial charge in [-0.15, -0.1) is 0 Å². The zero-order valence-corrected chi connectivity index (χ0v) is 17.4. The Labute approximate surface area is 166 Å². The predicted octanol–water partition coefficient (Wildman–Crippen LogP) is 3.47. The molecule has 0 aliphatic rings. The summed E-state index contributed by atoms with van der Waals surface area (Å²) in [6.45, 7) is 4.04. The molecule has 146 valence electrons. The number of nitrogens with one attached hydrogen (secondary N) is 1. The van der Waals surface area contributed by atoms with Gasteiger partial charge in [-0.25, -0.2) is 8.42 Å². The third-order valence-electron chi connectivity index (χ3n) is 4.06. The van der Waals surface area contributed by atoms with Gasteiger partial charge in [-0.3, -0.25) is 9.10 Å². The predicted molar refractivity (Wildman–Crippen MR) is 111 cm³/mol. The van der Waals surface area contributed by atoms with E-state index in [4.69, 9.17) is 11.6 Å². The summed E-state index contributed by atoms with van der Waals surface area (Å²) in [7, 11) is -3.56. The van der Waals surface area contributed by atoms with Crippen molar-refractivity contribution in [3.63, 3.8) is 0 Å². The molecule has 2 rings (SSSR count). The Morgan fingerprint density at radius 3 is 2.22 bits per heavy atom. The second-order valence-electron chi connectivity index (χ2n) is 6.70. The van der Waals surface area contributed by atoms with Crippen molar-refractivity contribution in [1.82, 2.24) is 5.32 Å². The van der Waals surface area contributed by atoms with Crippen LogP contribution in [-0.2, 0) is 21.2 Å². The van der Waals surface area contributed by atoms with Gasteiger partial charge in [0.15, 0.2) is 0 Å². The van der Waals surface area contributed by atoms with Crippen molar-refractivity contribution in [2.24, 2.45) is 0 Å². The lowest BCUT2D eigenvalue weighted by Gasteiger charge is -2.22. The molecule has 27 heavy (non-hydrogen) atoms. The van der Waals surface area contributed by atoms with E-state index in [-0.39, 0.29) is 12.5 Å². The van der Waals surface area contributed by atoms with Crippen molar-refractivity contribution in [3.05, 3.63) is 64.2 Å². The lowest BCUT2D eigenvalue weighted by Crippen LogP contribution is -2.40. The Hall–Kier alpha value is -2.05. The fourth-order valence-corrected chi connectivity index (χ4v) is 3.82. The van der Waals surface area contributed by atoms with Crippen molar-refractivity contribution in [1.29, 1.82) is 0 Å². The fraction of sp³-hybridized carbons (Fsp3) is 0.350. The molecule has 5 nitrogen and oxygen atoms in total. The fourth-order valence-electron chi connectivity index (χ4n) is 2.85. The average Bonchev–Trinajstić information content (AvgIpc) is 2.56. The molecule has 0 fully saturated rings. The first-order valence-corrected chi connectivity index (χ1v) is 10.9. The van der Waals surface area contributed by atoms with Crippen LogP contribution in [0, 0.1) is 13.8 Å². The lowest BCUT2D eigenvalue weighted by molar-refractivity contribution is -0.119.